The van der Waals surface area contributed by atoms with Crippen LogP contribution < -0.4 is 9.47 Å². The van der Waals surface area contributed by atoms with Crippen molar-refractivity contribution in [2.24, 2.45) is 0 Å². The van der Waals surface area contributed by atoms with Crippen molar-refractivity contribution in [2.45, 2.75) is 13.5 Å². The standard InChI is InChI=1S/C22H19N3O4/c1-14-3-5-15(6-4-14)13-29-20-10-7-16(11-21(20)28-2)22-23-18-9-8-17(25(26)27)12-19(18)24-22/h3-12H,13H2,1-2H3,(H,23,24). The number of imidazole rings is 1. The van der Waals surface area contributed by atoms with Crippen LogP contribution in [0.4, 0.5) is 5.69 Å². The number of nitrogens with zero attached hydrogens (tertiary/aromatic N) is 2. The van der Waals surface area contributed by atoms with E-state index in [1.165, 1.54) is 17.7 Å². The Morgan fingerprint density at radius 2 is 1.83 bits per heavy atom. The highest BCUT2D eigenvalue weighted by molar-refractivity contribution is 5.81. The number of nitrogens with one attached hydrogen (secondary N) is 1. The molecule has 0 unspecified atom stereocenters. The van der Waals surface area contributed by atoms with Crippen molar-refractivity contribution in [3.8, 4) is 22.9 Å². The van der Waals surface area contributed by atoms with E-state index in [-0.39, 0.29) is 5.69 Å². The number of H-pyrrole nitrogens is 1. The summed E-state index contributed by atoms with van der Waals surface area (Å²) in [6.45, 7) is 2.48. The number of nitro groups is 1. The van der Waals surface area contributed by atoms with Crippen LogP contribution in [0.3, 0.4) is 0 Å². The van der Waals surface area contributed by atoms with Gasteiger partial charge in [0.15, 0.2) is 11.5 Å². The summed E-state index contributed by atoms with van der Waals surface area (Å²) in [5.41, 5.74) is 4.35. The maximum absolute atomic E-state index is 11.0. The topological polar surface area (TPSA) is 90.3 Å². The maximum Gasteiger partial charge on any atom is 0.271 e. The van der Waals surface area contributed by atoms with Gasteiger partial charge in [0.05, 0.1) is 23.1 Å². The normalized spacial score (nSPS) is 10.8. The van der Waals surface area contributed by atoms with Crippen molar-refractivity contribution >= 4 is 16.7 Å². The van der Waals surface area contributed by atoms with Gasteiger partial charge in [0.25, 0.3) is 5.69 Å². The van der Waals surface area contributed by atoms with Crippen LogP contribution in [0.5, 0.6) is 11.5 Å². The fourth-order valence-electron chi connectivity index (χ4n) is 3.03. The summed E-state index contributed by atoms with van der Waals surface area (Å²) in [4.78, 5) is 18.2. The molecule has 0 aliphatic rings. The monoisotopic (exact) mass is 389 g/mol. The predicted molar refractivity (Wildman–Crippen MR) is 110 cm³/mol. The summed E-state index contributed by atoms with van der Waals surface area (Å²) >= 11 is 0. The van der Waals surface area contributed by atoms with Gasteiger partial charge in [-0.15, -0.1) is 0 Å². The van der Waals surface area contributed by atoms with Gasteiger partial charge in [-0.3, -0.25) is 10.1 Å². The average Bonchev–Trinajstić information content (AvgIpc) is 3.16. The lowest BCUT2D eigenvalue weighted by Gasteiger charge is -2.12. The lowest BCUT2D eigenvalue weighted by molar-refractivity contribution is -0.384. The second kappa shape index (κ2) is 7.63. The number of methoxy groups -OCH3 is 1. The number of aromatic nitrogens is 2. The Bertz CT molecular complexity index is 1180. The zero-order chi connectivity index (χ0) is 20.4. The molecule has 0 spiro atoms. The van der Waals surface area contributed by atoms with Gasteiger partial charge in [0, 0.05) is 17.7 Å². The Morgan fingerprint density at radius 1 is 1.03 bits per heavy atom. The fourth-order valence-corrected chi connectivity index (χ4v) is 3.03. The van der Waals surface area contributed by atoms with Gasteiger partial charge >= 0.3 is 0 Å². The van der Waals surface area contributed by atoms with Gasteiger partial charge in [0.1, 0.15) is 12.4 Å². The molecule has 0 saturated heterocycles. The molecule has 0 atom stereocenters. The molecule has 1 aromatic heterocycles. The minimum absolute atomic E-state index is 0.0186. The van der Waals surface area contributed by atoms with E-state index in [0.717, 1.165) is 11.1 Å². The zero-order valence-corrected chi connectivity index (χ0v) is 16.0. The highest BCUT2D eigenvalue weighted by Gasteiger charge is 2.13. The van der Waals surface area contributed by atoms with Gasteiger partial charge in [0.2, 0.25) is 0 Å². The van der Waals surface area contributed by atoms with Crippen LogP contribution in [0, 0.1) is 17.0 Å². The molecule has 0 bridgehead atoms. The number of non-ortho nitro benzene ring substituents is 1. The molecule has 3 aromatic carbocycles. The Balaban J connectivity index is 1.59. The molecule has 1 heterocycles. The third-order valence-corrected chi connectivity index (χ3v) is 4.63. The van der Waals surface area contributed by atoms with Crippen molar-refractivity contribution in [3.63, 3.8) is 0 Å². The molecule has 4 aromatic rings. The van der Waals surface area contributed by atoms with Crippen LogP contribution in [0.15, 0.2) is 60.7 Å². The smallest absolute Gasteiger partial charge is 0.271 e. The molecule has 0 aliphatic heterocycles. The first kappa shape index (κ1) is 18.5. The molecule has 0 fully saturated rings. The molecule has 7 heteroatoms. The van der Waals surface area contributed by atoms with E-state index >= 15 is 0 Å². The first-order valence-corrected chi connectivity index (χ1v) is 9.04. The number of benzene rings is 3. The second-order valence-electron chi connectivity index (χ2n) is 6.68. The summed E-state index contributed by atoms with van der Waals surface area (Å²) in [5, 5.41) is 11.0. The first-order valence-electron chi connectivity index (χ1n) is 9.04. The summed E-state index contributed by atoms with van der Waals surface area (Å²) < 4.78 is 11.4. The van der Waals surface area contributed by atoms with Crippen LogP contribution in [0.25, 0.3) is 22.4 Å². The number of aromatic amines is 1. The molecule has 4 rings (SSSR count). The van der Waals surface area contributed by atoms with Gasteiger partial charge in [-0.05, 0) is 36.8 Å². The van der Waals surface area contributed by atoms with Gasteiger partial charge in [-0.1, -0.05) is 29.8 Å². The van der Waals surface area contributed by atoms with Crippen LogP contribution >= 0.6 is 0 Å². The number of nitro benzene ring substituents is 1. The summed E-state index contributed by atoms with van der Waals surface area (Å²) in [6.07, 6.45) is 0. The van der Waals surface area contributed by atoms with E-state index in [1.54, 1.807) is 13.2 Å². The molecular formula is C22H19N3O4. The molecular weight excluding hydrogens is 370 g/mol. The largest absolute Gasteiger partial charge is 0.493 e. The Kier molecular flexibility index (Phi) is 4.87. The van der Waals surface area contributed by atoms with Crippen molar-refractivity contribution in [2.75, 3.05) is 7.11 Å². The predicted octanol–water partition coefficient (Wildman–Crippen LogP) is 5.03. The van der Waals surface area contributed by atoms with E-state index in [1.807, 2.05) is 49.4 Å². The molecule has 146 valence electrons. The lowest BCUT2D eigenvalue weighted by atomic mass is 10.1. The maximum atomic E-state index is 11.0. The summed E-state index contributed by atoms with van der Waals surface area (Å²) in [5.74, 6) is 1.81. The number of hydrogen-bond donors (Lipinski definition) is 1. The van der Waals surface area contributed by atoms with E-state index in [0.29, 0.717) is 35.0 Å². The van der Waals surface area contributed by atoms with Crippen molar-refractivity contribution < 1.29 is 14.4 Å². The van der Waals surface area contributed by atoms with Gasteiger partial charge in [-0.2, -0.15) is 0 Å². The second-order valence-corrected chi connectivity index (χ2v) is 6.68. The van der Waals surface area contributed by atoms with Crippen molar-refractivity contribution in [3.05, 3.63) is 81.9 Å². The highest BCUT2D eigenvalue weighted by Crippen LogP contribution is 2.33. The molecule has 0 aliphatic carbocycles. The van der Waals surface area contributed by atoms with Gasteiger partial charge < -0.3 is 14.5 Å². The minimum Gasteiger partial charge on any atom is -0.493 e. The molecule has 0 saturated carbocycles. The van der Waals surface area contributed by atoms with Crippen LogP contribution in [-0.4, -0.2) is 22.0 Å². The third kappa shape index (κ3) is 3.89. The molecule has 0 amide bonds. The molecule has 7 nitrogen and oxygen atoms in total. The van der Waals surface area contributed by atoms with E-state index in [4.69, 9.17) is 9.47 Å². The molecule has 29 heavy (non-hydrogen) atoms. The van der Waals surface area contributed by atoms with E-state index in [9.17, 15) is 10.1 Å². The lowest BCUT2D eigenvalue weighted by Crippen LogP contribution is -1.98. The third-order valence-electron chi connectivity index (χ3n) is 4.63. The number of aryl methyl sites for hydroxylation is 1. The number of ether oxygens (including phenoxy) is 2. The Morgan fingerprint density at radius 3 is 2.55 bits per heavy atom. The summed E-state index contributed by atoms with van der Waals surface area (Å²) in [7, 11) is 1.58. The van der Waals surface area contributed by atoms with E-state index < -0.39 is 4.92 Å². The minimum atomic E-state index is -0.427. The molecule has 0 radical (unpaired) electrons. The number of rotatable bonds is 6. The van der Waals surface area contributed by atoms with Crippen LogP contribution in [0.1, 0.15) is 11.1 Å². The number of fused-ring (bicyclic) bond motifs is 1. The summed E-state index contributed by atoms with van der Waals surface area (Å²) in [6, 6.07) is 18.2. The highest BCUT2D eigenvalue weighted by atomic mass is 16.6. The van der Waals surface area contributed by atoms with Crippen LogP contribution in [-0.2, 0) is 6.61 Å². The molecule has 1 N–H and O–H groups in total. The van der Waals surface area contributed by atoms with Crippen molar-refractivity contribution in [1.29, 1.82) is 0 Å². The average molecular weight is 389 g/mol. The fraction of sp³-hybridized carbons (Fsp3) is 0.136. The van der Waals surface area contributed by atoms with Crippen LogP contribution in [0.2, 0.25) is 0 Å². The number of hydrogen-bond acceptors (Lipinski definition) is 5. The Hall–Kier alpha value is -3.87. The Labute approximate surface area is 167 Å². The zero-order valence-electron chi connectivity index (χ0n) is 16.0. The SMILES string of the molecule is COc1cc(-c2nc3ccc([N+](=O)[O-])cc3[nH]2)ccc1OCc1ccc(C)cc1. The van der Waals surface area contributed by atoms with E-state index in [2.05, 4.69) is 9.97 Å². The quantitative estimate of drug-likeness (QED) is 0.369. The van der Waals surface area contributed by atoms with Gasteiger partial charge in [-0.25, -0.2) is 4.98 Å². The first-order chi connectivity index (χ1) is 14.0. The van der Waals surface area contributed by atoms with Crippen molar-refractivity contribution in [1.82, 2.24) is 9.97 Å².